The molecule has 0 fully saturated rings. The van der Waals surface area contributed by atoms with Gasteiger partial charge in [-0.15, -0.1) is 6.58 Å². The molecule has 0 bridgehead atoms. The summed E-state index contributed by atoms with van der Waals surface area (Å²) in [6.07, 6.45) is 1.61. The van der Waals surface area contributed by atoms with Gasteiger partial charge in [-0.3, -0.25) is 14.2 Å². The Kier molecular flexibility index (Phi) is 6.44. The number of carbonyl (C=O) groups excluding carboxylic acids is 1. The van der Waals surface area contributed by atoms with E-state index in [0.29, 0.717) is 31.8 Å². The molecule has 0 aliphatic heterocycles. The van der Waals surface area contributed by atoms with Gasteiger partial charge in [0, 0.05) is 11.6 Å². The molecule has 1 aromatic heterocycles. The number of nitrogens with zero attached hydrogens (tertiary/aromatic N) is 2. The summed E-state index contributed by atoms with van der Waals surface area (Å²) in [4.78, 5) is 29.6. The van der Waals surface area contributed by atoms with Crippen molar-refractivity contribution in [2.75, 3.05) is 11.1 Å². The monoisotopic (exact) mass is 433 g/mol. The first kappa shape index (κ1) is 20.5. The van der Waals surface area contributed by atoms with E-state index in [1.54, 1.807) is 36.4 Å². The Morgan fingerprint density at radius 2 is 2.07 bits per heavy atom. The minimum absolute atomic E-state index is 0.0693. The molecular formula is C20H17Cl2N3O2S. The summed E-state index contributed by atoms with van der Waals surface area (Å²) in [5, 5.41) is 4.62. The van der Waals surface area contributed by atoms with Crippen LogP contribution in [0, 0.1) is 6.92 Å². The van der Waals surface area contributed by atoms with Crippen LogP contribution in [0.25, 0.3) is 10.9 Å². The van der Waals surface area contributed by atoms with E-state index in [-0.39, 0.29) is 23.8 Å². The van der Waals surface area contributed by atoms with Gasteiger partial charge in [0.15, 0.2) is 5.16 Å². The number of amides is 1. The highest BCUT2D eigenvalue weighted by Gasteiger charge is 2.14. The van der Waals surface area contributed by atoms with Gasteiger partial charge < -0.3 is 5.32 Å². The van der Waals surface area contributed by atoms with Gasteiger partial charge in [0.05, 0.1) is 27.4 Å². The first-order chi connectivity index (χ1) is 13.4. The number of hydrogen-bond acceptors (Lipinski definition) is 4. The molecule has 8 heteroatoms. The molecule has 3 rings (SSSR count). The van der Waals surface area contributed by atoms with Crippen molar-refractivity contribution in [3.05, 3.63) is 75.0 Å². The number of rotatable bonds is 6. The Balaban J connectivity index is 1.84. The molecule has 3 aromatic rings. The third-order valence-corrected chi connectivity index (χ3v) is 5.45. The zero-order valence-corrected chi connectivity index (χ0v) is 17.4. The van der Waals surface area contributed by atoms with Crippen LogP contribution >= 0.6 is 35.0 Å². The quantitative estimate of drug-likeness (QED) is 0.340. The van der Waals surface area contributed by atoms with Crippen molar-refractivity contribution in [2.45, 2.75) is 18.6 Å². The smallest absolute Gasteiger partial charge is 0.262 e. The van der Waals surface area contributed by atoms with E-state index in [2.05, 4.69) is 16.9 Å². The Hall–Kier alpha value is -2.28. The van der Waals surface area contributed by atoms with Crippen molar-refractivity contribution in [1.29, 1.82) is 0 Å². The number of carbonyl (C=O) groups is 1. The lowest BCUT2D eigenvalue weighted by molar-refractivity contribution is -0.113. The van der Waals surface area contributed by atoms with Gasteiger partial charge in [-0.05, 0) is 42.8 Å². The van der Waals surface area contributed by atoms with Crippen LogP contribution in [0.5, 0.6) is 0 Å². The van der Waals surface area contributed by atoms with Crippen molar-refractivity contribution in [3.63, 3.8) is 0 Å². The Labute approximate surface area is 176 Å². The molecule has 0 aliphatic carbocycles. The fraction of sp³-hybridized carbons (Fsp3) is 0.150. The maximum atomic E-state index is 12.8. The molecule has 2 aromatic carbocycles. The second-order valence-corrected chi connectivity index (χ2v) is 7.87. The summed E-state index contributed by atoms with van der Waals surface area (Å²) in [5.74, 6) is -0.179. The predicted octanol–water partition coefficient (Wildman–Crippen LogP) is 4.93. The molecule has 1 amide bonds. The van der Waals surface area contributed by atoms with E-state index >= 15 is 0 Å². The zero-order valence-electron chi connectivity index (χ0n) is 15.0. The molecule has 0 atom stereocenters. The van der Waals surface area contributed by atoms with Crippen LogP contribution in [0.2, 0.25) is 10.0 Å². The maximum absolute atomic E-state index is 12.8. The second-order valence-electron chi connectivity index (χ2n) is 6.08. The molecule has 0 unspecified atom stereocenters. The van der Waals surface area contributed by atoms with E-state index in [0.717, 1.165) is 17.3 Å². The van der Waals surface area contributed by atoms with Crippen molar-refractivity contribution in [3.8, 4) is 0 Å². The number of thioether (sulfide) groups is 1. The molecule has 1 heterocycles. The zero-order chi connectivity index (χ0) is 20.3. The van der Waals surface area contributed by atoms with Crippen molar-refractivity contribution >= 4 is 57.5 Å². The van der Waals surface area contributed by atoms with Crippen LogP contribution < -0.4 is 10.9 Å². The number of aryl methyl sites for hydroxylation is 1. The molecule has 0 saturated carbocycles. The summed E-state index contributed by atoms with van der Waals surface area (Å²) in [6.45, 7) is 5.90. The molecule has 0 aliphatic rings. The molecule has 0 radical (unpaired) electrons. The Morgan fingerprint density at radius 3 is 2.79 bits per heavy atom. The summed E-state index contributed by atoms with van der Waals surface area (Å²) in [6, 6.07) is 10.3. The highest BCUT2D eigenvalue weighted by Crippen LogP contribution is 2.24. The molecule has 5 nitrogen and oxygen atoms in total. The van der Waals surface area contributed by atoms with Gasteiger partial charge in [0.2, 0.25) is 5.91 Å². The third kappa shape index (κ3) is 4.58. The van der Waals surface area contributed by atoms with Gasteiger partial charge >= 0.3 is 0 Å². The molecule has 0 spiro atoms. The fourth-order valence-corrected chi connectivity index (χ4v) is 3.87. The van der Waals surface area contributed by atoms with Crippen LogP contribution in [0.3, 0.4) is 0 Å². The number of allylic oxidation sites excluding steroid dienone is 1. The van der Waals surface area contributed by atoms with Crippen LogP contribution in [-0.2, 0) is 11.3 Å². The Bertz CT molecular complexity index is 1130. The predicted molar refractivity (Wildman–Crippen MR) is 117 cm³/mol. The minimum atomic E-state index is -0.249. The average molecular weight is 434 g/mol. The van der Waals surface area contributed by atoms with E-state index < -0.39 is 0 Å². The molecule has 144 valence electrons. The maximum Gasteiger partial charge on any atom is 0.262 e. The number of aromatic nitrogens is 2. The van der Waals surface area contributed by atoms with Crippen molar-refractivity contribution in [1.82, 2.24) is 9.55 Å². The van der Waals surface area contributed by atoms with Crippen LogP contribution in [0.1, 0.15) is 5.56 Å². The normalized spacial score (nSPS) is 10.8. The molecular weight excluding hydrogens is 417 g/mol. The number of benzene rings is 2. The lowest BCUT2D eigenvalue weighted by Crippen LogP contribution is -2.23. The van der Waals surface area contributed by atoms with Gasteiger partial charge in [-0.25, -0.2) is 4.98 Å². The Morgan fingerprint density at radius 1 is 1.29 bits per heavy atom. The van der Waals surface area contributed by atoms with Crippen LogP contribution in [0.4, 0.5) is 5.69 Å². The summed E-state index contributed by atoms with van der Waals surface area (Å²) >= 11 is 13.3. The number of anilines is 1. The average Bonchev–Trinajstić information content (AvgIpc) is 2.65. The molecule has 0 saturated heterocycles. The van der Waals surface area contributed by atoms with Crippen molar-refractivity contribution in [2.24, 2.45) is 0 Å². The van der Waals surface area contributed by atoms with Crippen LogP contribution in [0.15, 0.2) is 59.0 Å². The summed E-state index contributed by atoms with van der Waals surface area (Å²) in [5.41, 5.74) is 1.83. The number of fused-ring (bicyclic) bond motifs is 1. The van der Waals surface area contributed by atoms with Crippen molar-refractivity contribution < 1.29 is 4.79 Å². The fourth-order valence-electron chi connectivity index (χ4n) is 2.61. The number of halogens is 2. The molecule has 1 N–H and O–H groups in total. The second kappa shape index (κ2) is 8.82. The van der Waals surface area contributed by atoms with Gasteiger partial charge in [0.1, 0.15) is 0 Å². The summed E-state index contributed by atoms with van der Waals surface area (Å²) in [7, 11) is 0. The SMILES string of the molecule is C=CCn1c(SCC(=O)Nc2ccc(C)cc2Cl)nc2cc(Cl)ccc2c1=O. The highest BCUT2D eigenvalue weighted by molar-refractivity contribution is 7.99. The van der Waals surface area contributed by atoms with E-state index in [1.165, 1.54) is 4.57 Å². The van der Waals surface area contributed by atoms with E-state index in [9.17, 15) is 9.59 Å². The van der Waals surface area contributed by atoms with E-state index in [1.807, 2.05) is 13.0 Å². The summed E-state index contributed by atoms with van der Waals surface area (Å²) < 4.78 is 1.49. The highest BCUT2D eigenvalue weighted by atomic mass is 35.5. The number of hydrogen-bond donors (Lipinski definition) is 1. The number of nitrogens with one attached hydrogen (secondary N) is 1. The lowest BCUT2D eigenvalue weighted by Gasteiger charge is -2.12. The van der Waals surface area contributed by atoms with Gasteiger partial charge in [0.25, 0.3) is 5.56 Å². The third-order valence-electron chi connectivity index (χ3n) is 3.93. The topological polar surface area (TPSA) is 64.0 Å². The van der Waals surface area contributed by atoms with Gasteiger partial charge in [-0.1, -0.05) is 47.1 Å². The first-order valence-electron chi connectivity index (χ1n) is 8.39. The standard InChI is InChI=1S/C20H17Cl2N3O2S/c1-3-8-25-19(27)14-6-5-13(21)10-17(14)24-20(25)28-11-18(26)23-16-7-4-12(2)9-15(16)22/h3-7,9-10H,1,8,11H2,2H3,(H,23,26). The minimum Gasteiger partial charge on any atom is -0.324 e. The van der Waals surface area contributed by atoms with Crippen LogP contribution in [-0.4, -0.2) is 21.2 Å². The molecule has 28 heavy (non-hydrogen) atoms. The lowest BCUT2D eigenvalue weighted by atomic mass is 10.2. The largest absolute Gasteiger partial charge is 0.324 e. The van der Waals surface area contributed by atoms with Gasteiger partial charge in [-0.2, -0.15) is 0 Å². The van der Waals surface area contributed by atoms with E-state index in [4.69, 9.17) is 23.2 Å². The first-order valence-corrected chi connectivity index (χ1v) is 10.1.